The minimum atomic E-state index is 0.710. The molecule has 0 radical (unpaired) electrons. The number of hydrogen-bond donors (Lipinski definition) is 0. The van der Waals surface area contributed by atoms with E-state index in [-0.39, 0.29) is 0 Å². The van der Waals surface area contributed by atoms with Crippen LogP contribution in [0.15, 0.2) is 48.5 Å². The van der Waals surface area contributed by atoms with Crippen molar-refractivity contribution in [3.63, 3.8) is 0 Å². The van der Waals surface area contributed by atoms with E-state index in [1.807, 2.05) is 0 Å². The van der Waals surface area contributed by atoms with Gasteiger partial charge in [0.15, 0.2) is 0 Å². The molecule has 4 rings (SSSR count). The second-order valence-electron chi connectivity index (χ2n) is 7.76. The summed E-state index contributed by atoms with van der Waals surface area (Å²) in [4.78, 5) is 2.62. The number of fused-ring (bicyclic) bond motifs is 3. The monoisotopic (exact) mass is 335 g/mol. The summed E-state index contributed by atoms with van der Waals surface area (Å²) < 4.78 is 5.42. The second-order valence-corrected chi connectivity index (χ2v) is 7.76. The number of nitrogens with zero attached hydrogens (tertiary/aromatic N) is 1. The van der Waals surface area contributed by atoms with Crippen LogP contribution in [0.1, 0.15) is 41.9 Å². The molecular formula is C23H29NO. The fourth-order valence-corrected chi connectivity index (χ4v) is 5.10. The number of likely N-dealkylation sites (tertiary alicyclic amines) is 1. The fraction of sp³-hybridized carbons (Fsp3) is 0.478. The molecule has 1 unspecified atom stereocenters. The van der Waals surface area contributed by atoms with Crippen molar-refractivity contribution in [3.8, 4) is 5.75 Å². The normalized spacial score (nSPS) is 25.4. The first-order valence-corrected chi connectivity index (χ1v) is 9.67. The van der Waals surface area contributed by atoms with E-state index >= 15 is 0 Å². The molecule has 1 fully saturated rings. The van der Waals surface area contributed by atoms with Crippen LogP contribution in [-0.4, -0.2) is 31.6 Å². The smallest absolute Gasteiger partial charge is 0.119 e. The number of likely N-dealkylation sites (N-methyl/N-ethyl adjacent to an activating group) is 1. The lowest BCUT2D eigenvalue weighted by molar-refractivity contribution is 0.243. The van der Waals surface area contributed by atoms with Crippen molar-refractivity contribution in [2.24, 2.45) is 5.92 Å². The third-order valence-corrected chi connectivity index (χ3v) is 6.37. The summed E-state index contributed by atoms with van der Waals surface area (Å²) in [6.45, 7) is 1.21. The molecule has 1 heterocycles. The molecule has 2 aromatic carbocycles. The summed E-state index contributed by atoms with van der Waals surface area (Å²) in [5, 5.41) is 0. The minimum absolute atomic E-state index is 0.710. The molecule has 0 spiro atoms. The van der Waals surface area contributed by atoms with E-state index in [2.05, 4.69) is 60.5 Å². The molecule has 0 N–H and O–H groups in total. The Kier molecular flexibility index (Phi) is 4.80. The van der Waals surface area contributed by atoms with Gasteiger partial charge >= 0.3 is 0 Å². The molecule has 0 saturated carbocycles. The van der Waals surface area contributed by atoms with Crippen LogP contribution in [0.4, 0.5) is 0 Å². The summed E-state index contributed by atoms with van der Waals surface area (Å²) in [5.74, 6) is 2.53. The van der Waals surface area contributed by atoms with Crippen LogP contribution in [-0.2, 0) is 12.8 Å². The standard InChI is InChI=1S/C23H29NO/c1-24-16-22-20-14-12-19(25-2)15-18(20)11-13-21(22)23(24)10-6-9-17-7-4-3-5-8-17/h3-5,7-8,12,14-15,21-23H,6,9-11,13,16H2,1-2H3/t21?,22-,23-/m1/s1. The Bertz CT molecular complexity index is 711. The Balaban J connectivity index is 1.43. The van der Waals surface area contributed by atoms with Gasteiger partial charge in [0, 0.05) is 18.5 Å². The van der Waals surface area contributed by atoms with E-state index in [9.17, 15) is 0 Å². The van der Waals surface area contributed by atoms with Gasteiger partial charge in [0.25, 0.3) is 0 Å². The van der Waals surface area contributed by atoms with Gasteiger partial charge in [-0.1, -0.05) is 36.4 Å². The van der Waals surface area contributed by atoms with Crippen molar-refractivity contribution in [2.75, 3.05) is 20.7 Å². The molecule has 0 bridgehead atoms. The lowest BCUT2D eigenvalue weighted by Crippen LogP contribution is -2.30. The zero-order valence-electron chi connectivity index (χ0n) is 15.4. The zero-order chi connectivity index (χ0) is 17.2. The van der Waals surface area contributed by atoms with Gasteiger partial charge in [-0.05, 0) is 73.9 Å². The fourth-order valence-electron chi connectivity index (χ4n) is 5.10. The Hall–Kier alpha value is -1.80. The highest BCUT2D eigenvalue weighted by atomic mass is 16.5. The van der Waals surface area contributed by atoms with E-state index in [4.69, 9.17) is 4.74 Å². The number of methoxy groups -OCH3 is 1. The first-order valence-electron chi connectivity index (χ1n) is 9.67. The Morgan fingerprint density at radius 2 is 1.96 bits per heavy atom. The average Bonchev–Trinajstić information content (AvgIpc) is 2.98. The summed E-state index contributed by atoms with van der Waals surface area (Å²) in [7, 11) is 4.09. The number of hydrogen-bond acceptors (Lipinski definition) is 2. The van der Waals surface area contributed by atoms with Crippen molar-refractivity contribution in [1.29, 1.82) is 0 Å². The van der Waals surface area contributed by atoms with Crippen molar-refractivity contribution < 1.29 is 4.74 Å². The summed E-state index contributed by atoms with van der Waals surface area (Å²) >= 11 is 0. The van der Waals surface area contributed by atoms with Gasteiger partial charge in [-0.25, -0.2) is 0 Å². The molecule has 2 aromatic rings. The minimum Gasteiger partial charge on any atom is -0.497 e. The highest BCUT2D eigenvalue weighted by molar-refractivity contribution is 5.41. The molecule has 1 aliphatic carbocycles. The SMILES string of the molecule is COc1ccc2c(c1)CCC1[C@@H]2CN(C)[C@@H]1CCCc1ccccc1. The molecule has 3 atom stereocenters. The third-order valence-electron chi connectivity index (χ3n) is 6.37. The van der Waals surface area contributed by atoms with Crippen LogP contribution in [0.5, 0.6) is 5.75 Å². The Morgan fingerprint density at radius 1 is 1.12 bits per heavy atom. The maximum Gasteiger partial charge on any atom is 0.119 e. The van der Waals surface area contributed by atoms with Crippen molar-refractivity contribution in [2.45, 2.75) is 44.1 Å². The summed E-state index contributed by atoms with van der Waals surface area (Å²) in [6, 6.07) is 18.4. The van der Waals surface area contributed by atoms with Gasteiger partial charge in [0.1, 0.15) is 5.75 Å². The van der Waals surface area contributed by atoms with Crippen molar-refractivity contribution >= 4 is 0 Å². The quantitative estimate of drug-likeness (QED) is 0.787. The number of benzene rings is 2. The van der Waals surface area contributed by atoms with E-state index < -0.39 is 0 Å². The molecule has 1 saturated heterocycles. The third kappa shape index (κ3) is 3.32. The predicted octanol–water partition coefficient (Wildman–Crippen LogP) is 4.68. The van der Waals surface area contributed by atoms with Gasteiger partial charge in [-0.15, -0.1) is 0 Å². The second kappa shape index (κ2) is 7.21. The van der Waals surface area contributed by atoms with E-state index in [0.29, 0.717) is 5.92 Å². The highest BCUT2D eigenvalue weighted by Crippen LogP contribution is 2.46. The van der Waals surface area contributed by atoms with Crippen LogP contribution < -0.4 is 4.74 Å². The summed E-state index contributed by atoms with van der Waals surface area (Å²) in [6.07, 6.45) is 6.34. The van der Waals surface area contributed by atoms with Gasteiger partial charge in [0.2, 0.25) is 0 Å². The van der Waals surface area contributed by atoms with Gasteiger partial charge < -0.3 is 9.64 Å². The topological polar surface area (TPSA) is 12.5 Å². The lowest BCUT2D eigenvalue weighted by Gasteiger charge is -2.31. The first-order chi connectivity index (χ1) is 12.3. The summed E-state index contributed by atoms with van der Waals surface area (Å²) in [5.41, 5.74) is 4.56. The van der Waals surface area contributed by atoms with E-state index in [1.54, 1.807) is 12.7 Å². The van der Waals surface area contributed by atoms with Crippen LogP contribution in [0.25, 0.3) is 0 Å². The molecule has 1 aliphatic heterocycles. The highest BCUT2D eigenvalue weighted by Gasteiger charge is 2.42. The van der Waals surface area contributed by atoms with Gasteiger partial charge in [0.05, 0.1) is 7.11 Å². The van der Waals surface area contributed by atoms with E-state index in [0.717, 1.165) is 17.7 Å². The molecule has 2 nitrogen and oxygen atoms in total. The maximum absolute atomic E-state index is 5.42. The van der Waals surface area contributed by atoms with Crippen molar-refractivity contribution in [3.05, 3.63) is 65.2 Å². The molecule has 0 amide bonds. The number of rotatable bonds is 5. The predicted molar refractivity (Wildman–Crippen MR) is 103 cm³/mol. The molecule has 2 aliphatic rings. The molecular weight excluding hydrogens is 306 g/mol. The molecule has 132 valence electrons. The first kappa shape index (κ1) is 16.7. The van der Waals surface area contributed by atoms with Crippen LogP contribution in [0, 0.1) is 5.92 Å². The van der Waals surface area contributed by atoms with E-state index in [1.165, 1.54) is 49.8 Å². The number of ether oxygens (including phenoxy) is 1. The maximum atomic E-state index is 5.42. The van der Waals surface area contributed by atoms with Crippen LogP contribution in [0.2, 0.25) is 0 Å². The molecule has 0 aromatic heterocycles. The van der Waals surface area contributed by atoms with Gasteiger partial charge in [-0.2, -0.15) is 0 Å². The largest absolute Gasteiger partial charge is 0.497 e. The lowest BCUT2D eigenvalue weighted by atomic mass is 9.74. The van der Waals surface area contributed by atoms with Crippen LogP contribution in [0.3, 0.4) is 0 Å². The molecule has 25 heavy (non-hydrogen) atoms. The zero-order valence-corrected chi connectivity index (χ0v) is 15.4. The van der Waals surface area contributed by atoms with Crippen LogP contribution >= 0.6 is 0 Å². The van der Waals surface area contributed by atoms with Gasteiger partial charge in [-0.3, -0.25) is 0 Å². The Labute approximate surface area is 151 Å². The Morgan fingerprint density at radius 3 is 2.76 bits per heavy atom. The number of aryl methyl sites for hydroxylation is 2. The van der Waals surface area contributed by atoms with Crippen molar-refractivity contribution in [1.82, 2.24) is 4.90 Å². The molecule has 2 heteroatoms. The average molecular weight is 335 g/mol.